The van der Waals surface area contributed by atoms with Crippen molar-refractivity contribution in [2.75, 3.05) is 13.2 Å². The molecule has 0 aromatic rings. The lowest BCUT2D eigenvalue weighted by molar-refractivity contribution is -0.377. The molecule has 0 bridgehead atoms. The van der Waals surface area contributed by atoms with E-state index in [9.17, 15) is 45.3 Å². The Labute approximate surface area is 412 Å². The molecular formula is C54H102O14. The molecule has 0 saturated carbocycles. The summed E-state index contributed by atoms with van der Waals surface area (Å²) >= 11 is 0. The highest BCUT2D eigenvalue weighted by Crippen LogP contribution is 2.33. The van der Waals surface area contributed by atoms with Crippen LogP contribution in [0.2, 0.25) is 0 Å². The molecule has 0 aliphatic carbocycles. The molecule has 14 atom stereocenters. The minimum atomic E-state index is -1.85. The molecule has 2 heterocycles. The molecule has 2 fully saturated rings. The van der Waals surface area contributed by atoms with Crippen molar-refractivity contribution < 1.29 is 69.0 Å². The van der Waals surface area contributed by atoms with Gasteiger partial charge in [-0.05, 0) is 31.6 Å². The summed E-state index contributed by atoms with van der Waals surface area (Å²) < 4.78 is 29.0. The molecule has 2 aliphatic heterocycles. The lowest BCUT2D eigenvalue weighted by atomic mass is 9.85. The molecule has 0 aromatic heterocycles. The Morgan fingerprint density at radius 1 is 0.500 bits per heavy atom. The summed E-state index contributed by atoms with van der Waals surface area (Å²) in [6.07, 6.45) is 18.4. The normalized spacial score (nSPS) is 27.1. The van der Waals surface area contributed by atoms with E-state index in [1.54, 1.807) is 0 Å². The number of carbonyl (C=O) groups excluding carboxylic acids is 2. The lowest BCUT2D eigenvalue weighted by Gasteiger charge is -2.46. The van der Waals surface area contributed by atoms with Crippen LogP contribution in [-0.4, -0.2) is 128 Å². The number of carbonyl (C=O) groups is 2. The van der Waals surface area contributed by atoms with E-state index < -0.39 is 98.6 Å². The largest absolute Gasteiger partial charge is 0.455 e. The fourth-order valence-electron chi connectivity index (χ4n) is 9.85. The lowest BCUT2D eigenvalue weighted by Crippen LogP contribution is -2.65. The van der Waals surface area contributed by atoms with E-state index in [0.29, 0.717) is 18.8 Å². The molecular weight excluding hydrogens is 873 g/mol. The number of unbranched alkanes of at least 4 members (excludes halogenated alkanes) is 26. The highest BCUT2D eigenvalue weighted by atomic mass is 16.8. The monoisotopic (exact) mass is 975 g/mol. The molecule has 2 saturated heterocycles. The van der Waals surface area contributed by atoms with Crippen LogP contribution in [0.4, 0.5) is 0 Å². The van der Waals surface area contributed by atoms with E-state index in [1.807, 2.05) is 6.92 Å². The zero-order valence-corrected chi connectivity index (χ0v) is 43.4. The Morgan fingerprint density at radius 2 is 0.912 bits per heavy atom. The summed E-state index contributed by atoms with van der Waals surface area (Å²) in [6, 6.07) is 0. The molecule has 68 heavy (non-hydrogen) atoms. The summed E-state index contributed by atoms with van der Waals surface area (Å²) in [5, 5.41) is 74.4. The maximum absolute atomic E-state index is 13.8. The number of rotatable bonds is 41. The summed E-state index contributed by atoms with van der Waals surface area (Å²) in [5.74, 6) is -2.54. The van der Waals surface area contributed by atoms with Crippen molar-refractivity contribution in [3.63, 3.8) is 0 Å². The smallest absolute Gasteiger partial charge is 0.311 e. The predicted octanol–water partition coefficient (Wildman–Crippen LogP) is 9.11. The van der Waals surface area contributed by atoms with E-state index >= 15 is 0 Å². The van der Waals surface area contributed by atoms with Crippen LogP contribution in [0, 0.1) is 17.8 Å². The molecule has 0 spiro atoms. The highest BCUT2D eigenvalue weighted by Gasteiger charge is 2.53. The number of aliphatic hydroxyl groups is 7. The van der Waals surface area contributed by atoms with Gasteiger partial charge in [-0.1, -0.05) is 207 Å². The van der Waals surface area contributed by atoms with Gasteiger partial charge in [0.15, 0.2) is 18.5 Å². The Hall–Kier alpha value is -1.46. The van der Waals surface area contributed by atoms with Crippen molar-refractivity contribution in [2.45, 2.75) is 301 Å². The van der Waals surface area contributed by atoms with Gasteiger partial charge in [-0.25, -0.2) is 0 Å². The van der Waals surface area contributed by atoms with E-state index in [0.717, 1.165) is 38.5 Å². The third-order valence-corrected chi connectivity index (χ3v) is 14.5. The third-order valence-electron chi connectivity index (χ3n) is 14.5. The van der Waals surface area contributed by atoms with Crippen LogP contribution in [0.25, 0.3) is 0 Å². The predicted molar refractivity (Wildman–Crippen MR) is 264 cm³/mol. The van der Waals surface area contributed by atoms with Gasteiger partial charge in [0, 0.05) is 6.42 Å². The van der Waals surface area contributed by atoms with E-state index in [4.69, 9.17) is 23.7 Å². The van der Waals surface area contributed by atoms with Crippen LogP contribution in [-0.2, 0) is 33.3 Å². The second-order valence-corrected chi connectivity index (χ2v) is 20.7. The van der Waals surface area contributed by atoms with E-state index in [2.05, 4.69) is 20.8 Å². The topological polar surface area (TPSA) is 222 Å². The molecule has 4 unspecified atom stereocenters. The van der Waals surface area contributed by atoms with Gasteiger partial charge in [0.2, 0.25) is 6.29 Å². The molecule has 0 amide bonds. The summed E-state index contributed by atoms with van der Waals surface area (Å²) in [4.78, 5) is 27.3. The van der Waals surface area contributed by atoms with Crippen LogP contribution >= 0.6 is 0 Å². The molecule has 2 rings (SSSR count). The van der Waals surface area contributed by atoms with Gasteiger partial charge < -0.3 is 59.4 Å². The van der Waals surface area contributed by atoms with E-state index in [-0.39, 0.29) is 12.3 Å². The second-order valence-electron chi connectivity index (χ2n) is 20.7. The highest BCUT2D eigenvalue weighted by molar-refractivity contribution is 5.73. The van der Waals surface area contributed by atoms with Crippen LogP contribution in [0.3, 0.4) is 0 Å². The van der Waals surface area contributed by atoms with Gasteiger partial charge in [-0.15, -0.1) is 0 Å². The van der Waals surface area contributed by atoms with Crippen LogP contribution < -0.4 is 0 Å². The molecule has 7 N–H and O–H groups in total. The van der Waals surface area contributed by atoms with Gasteiger partial charge in [0.25, 0.3) is 0 Å². The van der Waals surface area contributed by atoms with Gasteiger partial charge in [0.05, 0.1) is 25.2 Å². The van der Waals surface area contributed by atoms with Crippen molar-refractivity contribution in [1.29, 1.82) is 0 Å². The van der Waals surface area contributed by atoms with Crippen LogP contribution in [0.15, 0.2) is 0 Å². The number of esters is 2. The molecule has 402 valence electrons. The van der Waals surface area contributed by atoms with Gasteiger partial charge >= 0.3 is 11.9 Å². The van der Waals surface area contributed by atoms with Crippen molar-refractivity contribution in [3.05, 3.63) is 0 Å². The zero-order valence-electron chi connectivity index (χ0n) is 43.4. The first kappa shape index (κ1) is 62.7. The fourth-order valence-corrected chi connectivity index (χ4v) is 9.85. The quantitative estimate of drug-likeness (QED) is 0.0224. The van der Waals surface area contributed by atoms with Crippen LogP contribution in [0.1, 0.15) is 234 Å². The molecule has 0 aromatic carbocycles. The number of hydrogen-bond donors (Lipinski definition) is 7. The molecule has 14 nitrogen and oxygen atoms in total. The minimum Gasteiger partial charge on any atom is -0.455 e. The summed E-state index contributed by atoms with van der Waals surface area (Å²) in [7, 11) is 0. The van der Waals surface area contributed by atoms with E-state index in [1.165, 1.54) is 148 Å². The maximum Gasteiger partial charge on any atom is 0.311 e. The minimum absolute atomic E-state index is 0.00539. The SMILES string of the molecule is CCCCCCCCCCCCCCCCC[C@H](C)C[C@H](C)[C@H](O)[C@H](C)C(=O)OC1[C@H](O)C(CO)O[C@H](O[C@H]2OC(CO)[C@@H](O)C(O)[C@@H]2O)[C@@H]1OC(=O)CCCCCCCCCCCCCCC. The average molecular weight is 975 g/mol. The number of aliphatic hydroxyl groups excluding tert-OH is 7. The summed E-state index contributed by atoms with van der Waals surface area (Å²) in [6.45, 7) is 8.58. The van der Waals surface area contributed by atoms with Gasteiger partial charge in [-0.2, -0.15) is 0 Å². The first-order valence-electron chi connectivity index (χ1n) is 27.8. The van der Waals surface area contributed by atoms with Crippen molar-refractivity contribution in [1.82, 2.24) is 0 Å². The van der Waals surface area contributed by atoms with Crippen molar-refractivity contribution in [3.8, 4) is 0 Å². The fraction of sp³-hybridized carbons (Fsp3) is 0.963. The van der Waals surface area contributed by atoms with Gasteiger partial charge in [0.1, 0.15) is 36.6 Å². The average Bonchev–Trinajstić information content (AvgIpc) is 3.32. The molecule has 14 heteroatoms. The molecule has 2 aliphatic rings. The number of ether oxygens (including phenoxy) is 5. The standard InChI is InChI=1S/C54H102O14/c1-6-8-10-12-14-16-18-20-21-23-24-26-28-30-32-34-39(3)36-40(4)45(58)41(5)52(63)67-50-47(60)43(38-56)65-54(68-53-49(62)48(61)46(59)42(37-55)64-53)51(50)66-44(57)35-33-31-29-27-25-22-19-17-15-13-11-9-7-2/h39-43,45-51,53-56,58-62H,6-38H2,1-5H3/t39-,40-,41-,42?,43?,45-,46+,47+,48?,49-,50?,51+,53+,54+/m0/s1. The van der Waals surface area contributed by atoms with Crippen molar-refractivity contribution >= 4 is 11.9 Å². The Kier molecular flexibility index (Phi) is 35.2. The Morgan fingerprint density at radius 3 is 1.37 bits per heavy atom. The first-order chi connectivity index (χ1) is 32.8. The Bertz CT molecular complexity index is 1240. The first-order valence-corrected chi connectivity index (χ1v) is 27.8. The molecule has 0 radical (unpaired) electrons. The zero-order chi connectivity index (χ0) is 50.1. The second kappa shape index (κ2) is 38.2. The Balaban J connectivity index is 1.95. The third kappa shape index (κ3) is 24.8. The number of hydrogen-bond acceptors (Lipinski definition) is 14. The van der Waals surface area contributed by atoms with Crippen molar-refractivity contribution in [2.24, 2.45) is 17.8 Å². The van der Waals surface area contributed by atoms with Crippen LogP contribution in [0.5, 0.6) is 0 Å². The van der Waals surface area contributed by atoms with Gasteiger partial charge in [-0.3, -0.25) is 9.59 Å². The maximum atomic E-state index is 13.8. The summed E-state index contributed by atoms with van der Waals surface area (Å²) in [5.41, 5.74) is 0.